The largest absolute Gasteiger partial charge is 0.384 e. The first-order chi connectivity index (χ1) is 9.55. The van der Waals surface area contributed by atoms with E-state index in [2.05, 4.69) is 0 Å². The molecule has 0 bridgehead atoms. The van der Waals surface area contributed by atoms with Crippen molar-refractivity contribution in [1.29, 1.82) is 5.26 Å². The van der Waals surface area contributed by atoms with Gasteiger partial charge in [-0.15, -0.1) is 0 Å². The van der Waals surface area contributed by atoms with Crippen LogP contribution in [-0.4, -0.2) is 39.5 Å². The average Bonchev–Trinajstić information content (AvgIpc) is 2.89. The smallest absolute Gasteiger partial charge is 0.218 e. The van der Waals surface area contributed by atoms with Gasteiger partial charge in [0.25, 0.3) is 0 Å². The van der Waals surface area contributed by atoms with Gasteiger partial charge in [0.2, 0.25) is 10.0 Å². The van der Waals surface area contributed by atoms with Crippen molar-refractivity contribution in [2.45, 2.75) is 12.2 Å². The first kappa shape index (κ1) is 15.0. The summed E-state index contributed by atoms with van der Waals surface area (Å²) in [6.07, 6.45) is 0.848. The third-order valence-electron chi connectivity index (χ3n) is 3.48. The van der Waals surface area contributed by atoms with Crippen LogP contribution in [0.4, 0.5) is 0 Å². The Kier molecular flexibility index (Phi) is 4.76. The minimum Gasteiger partial charge on any atom is -0.384 e. The van der Waals surface area contributed by atoms with Crippen molar-refractivity contribution < 1.29 is 13.2 Å². The zero-order valence-corrected chi connectivity index (χ0v) is 12.3. The van der Waals surface area contributed by atoms with E-state index in [9.17, 15) is 8.42 Å². The molecule has 5 nitrogen and oxygen atoms in total. The van der Waals surface area contributed by atoms with Crippen LogP contribution in [0.1, 0.15) is 17.5 Å². The Morgan fingerprint density at radius 2 is 2.10 bits per heavy atom. The fraction of sp³-hybridized carbons (Fsp3) is 0.500. The Morgan fingerprint density at radius 3 is 2.70 bits per heavy atom. The Bertz CT molecular complexity index is 590. The quantitative estimate of drug-likeness (QED) is 0.822. The zero-order valence-electron chi connectivity index (χ0n) is 11.4. The maximum Gasteiger partial charge on any atom is 0.218 e. The van der Waals surface area contributed by atoms with Gasteiger partial charge in [0, 0.05) is 20.2 Å². The minimum absolute atomic E-state index is 0.0155. The van der Waals surface area contributed by atoms with Crippen molar-refractivity contribution in [2.24, 2.45) is 5.92 Å². The van der Waals surface area contributed by atoms with Crippen molar-refractivity contribution in [3.05, 3.63) is 35.4 Å². The molecule has 1 heterocycles. The fourth-order valence-corrected chi connectivity index (χ4v) is 4.02. The maximum absolute atomic E-state index is 12.3. The standard InChI is InChI=1S/C14H18N2O3S/c1-19-10-14-6-7-16(9-14)20(17,18)11-13-4-2-12(8-15)3-5-13/h2-5,14H,6-7,9-11H2,1H3. The Labute approximate surface area is 119 Å². The molecule has 108 valence electrons. The number of methoxy groups -OCH3 is 1. The molecule has 0 saturated carbocycles. The molecule has 0 aromatic heterocycles. The predicted molar refractivity (Wildman–Crippen MR) is 75.3 cm³/mol. The highest BCUT2D eigenvalue weighted by Gasteiger charge is 2.31. The van der Waals surface area contributed by atoms with Gasteiger partial charge in [-0.25, -0.2) is 12.7 Å². The molecule has 0 aliphatic carbocycles. The summed E-state index contributed by atoms with van der Waals surface area (Å²) in [5.41, 5.74) is 1.24. The van der Waals surface area contributed by atoms with E-state index in [1.54, 1.807) is 31.4 Å². The van der Waals surface area contributed by atoms with Gasteiger partial charge in [-0.05, 0) is 30.0 Å². The molecule has 20 heavy (non-hydrogen) atoms. The molecular formula is C14H18N2O3S. The summed E-state index contributed by atoms with van der Waals surface area (Å²) >= 11 is 0. The van der Waals surface area contributed by atoms with E-state index in [0.29, 0.717) is 30.8 Å². The number of hydrogen-bond donors (Lipinski definition) is 0. The Morgan fingerprint density at radius 1 is 1.40 bits per heavy atom. The van der Waals surface area contributed by atoms with E-state index in [4.69, 9.17) is 10.00 Å². The van der Waals surface area contributed by atoms with Crippen LogP contribution < -0.4 is 0 Å². The molecule has 2 rings (SSSR count). The molecule has 1 fully saturated rings. The third-order valence-corrected chi connectivity index (χ3v) is 5.29. The first-order valence-corrected chi connectivity index (χ1v) is 8.12. The zero-order chi connectivity index (χ0) is 14.6. The van der Waals surface area contributed by atoms with Crippen molar-refractivity contribution >= 4 is 10.0 Å². The van der Waals surface area contributed by atoms with Gasteiger partial charge in [-0.2, -0.15) is 5.26 Å². The number of benzene rings is 1. The van der Waals surface area contributed by atoms with Gasteiger partial charge in [0.1, 0.15) is 0 Å². The van der Waals surface area contributed by atoms with Crippen molar-refractivity contribution in [2.75, 3.05) is 26.8 Å². The van der Waals surface area contributed by atoms with E-state index < -0.39 is 10.0 Å². The second-order valence-electron chi connectivity index (χ2n) is 5.03. The summed E-state index contributed by atoms with van der Waals surface area (Å²) in [7, 11) is -1.66. The van der Waals surface area contributed by atoms with Crippen LogP contribution in [0.15, 0.2) is 24.3 Å². The van der Waals surface area contributed by atoms with Gasteiger partial charge in [-0.3, -0.25) is 0 Å². The summed E-state index contributed by atoms with van der Waals surface area (Å²) < 4.78 is 31.3. The molecule has 1 atom stereocenters. The topological polar surface area (TPSA) is 70.4 Å². The normalized spacial score (nSPS) is 19.9. The third kappa shape index (κ3) is 3.57. The highest BCUT2D eigenvalue weighted by atomic mass is 32.2. The summed E-state index contributed by atoms with van der Waals surface area (Å²) in [6.45, 7) is 1.70. The highest BCUT2D eigenvalue weighted by Crippen LogP contribution is 2.22. The lowest BCUT2D eigenvalue weighted by Gasteiger charge is -2.16. The van der Waals surface area contributed by atoms with E-state index in [0.717, 1.165) is 6.42 Å². The highest BCUT2D eigenvalue weighted by molar-refractivity contribution is 7.88. The minimum atomic E-state index is -3.29. The lowest BCUT2D eigenvalue weighted by atomic mass is 10.1. The van der Waals surface area contributed by atoms with Crippen LogP contribution >= 0.6 is 0 Å². The van der Waals surface area contributed by atoms with Crippen molar-refractivity contribution in [3.63, 3.8) is 0 Å². The molecule has 1 aromatic carbocycles. The number of nitriles is 1. The van der Waals surface area contributed by atoms with Gasteiger partial charge in [0.15, 0.2) is 0 Å². The van der Waals surface area contributed by atoms with E-state index >= 15 is 0 Å². The number of hydrogen-bond acceptors (Lipinski definition) is 4. The molecule has 1 aromatic rings. The fourth-order valence-electron chi connectivity index (χ4n) is 2.40. The number of sulfonamides is 1. The van der Waals surface area contributed by atoms with E-state index in [1.165, 1.54) is 4.31 Å². The molecule has 6 heteroatoms. The van der Waals surface area contributed by atoms with Gasteiger partial charge < -0.3 is 4.74 Å². The summed E-state index contributed by atoms with van der Waals surface area (Å²) in [6, 6.07) is 8.69. The van der Waals surface area contributed by atoms with E-state index in [1.807, 2.05) is 6.07 Å². The van der Waals surface area contributed by atoms with E-state index in [-0.39, 0.29) is 11.7 Å². The van der Waals surface area contributed by atoms with Gasteiger partial charge >= 0.3 is 0 Å². The molecule has 0 radical (unpaired) electrons. The molecular weight excluding hydrogens is 276 g/mol. The van der Waals surface area contributed by atoms with Crippen LogP contribution in [-0.2, 0) is 20.5 Å². The summed E-state index contributed by atoms with van der Waals surface area (Å²) in [4.78, 5) is 0. The van der Waals surface area contributed by atoms with Crippen molar-refractivity contribution in [3.8, 4) is 6.07 Å². The van der Waals surface area contributed by atoms with Crippen LogP contribution in [0.5, 0.6) is 0 Å². The number of ether oxygens (including phenoxy) is 1. The summed E-state index contributed by atoms with van der Waals surface area (Å²) in [5, 5.41) is 8.73. The van der Waals surface area contributed by atoms with Crippen LogP contribution in [0.2, 0.25) is 0 Å². The van der Waals surface area contributed by atoms with Gasteiger partial charge in [0.05, 0.1) is 24.0 Å². The van der Waals surface area contributed by atoms with Crippen LogP contribution in [0, 0.1) is 17.2 Å². The average molecular weight is 294 g/mol. The second-order valence-corrected chi connectivity index (χ2v) is 7.00. The molecule has 1 aliphatic rings. The Hall–Kier alpha value is -1.42. The van der Waals surface area contributed by atoms with Crippen LogP contribution in [0.25, 0.3) is 0 Å². The Balaban J connectivity index is 2.02. The lowest BCUT2D eigenvalue weighted by Crippen LogP contribution is -2.30. The van der Waals surface area contributed by atoms with Crippen LogP contribution in [0.3, 0.4) is 0 Å². The monoisotopic (exact) mass is 294 g/mol. The number of nitrogens with zero attached hydrogens (tertiary/aromatic N) is 2. The van der Waals surface area contributed by atoms with Crippen molar-refractivity contribution in [1.82, 2.24) is 4.31 Å². The second kappa shape index (κ2) is 6.35. The molecule has 1 saturated heterocycles. The van der Waals surface area contributed by atoms with Gasteiger partial charge in [-0.1, -0.05) is 12.1 Å². The molecule has 0 spiro atoms. The SMILES string of the molecule is COCC1CCN(S(=O)(=O)Cc2ccc(C#N)cc2)C1. The molecule has 1 aliphatic heterocycles. The molecule has 0 amide bonds. The maximum atomic E-state index is 12.3. The lowest BCUT2D eigenvalue weighted by molar-refractivity contribution is 0.157. The molecule has 0 N–H and O–H groups in total. The number of rotatable bonds is 5. The first-order valence-electron chi connectivity index (χ1n) is 6.51. The summed E-state index contributed by atoms with van der Waals surface area (Å²) in [5.74, 6) is 0.272. The molecule has 1 unspecified atom stereocenters. The predicted octanol–water partition coefficient (Wildman–Crippen LogP) is 1.36.